The summed E-state index contributed by atoms with van der Waals surface area (Å²) in [4.78, 5) is 11.4. The Kier molecular flexibility index (Phi) is 15.4. The van der Waals surface area contributed by atoms with E-state index in [0.717, 1.165) is 24.9 Å². The van der Waals surface area contributed by atoms with Crippen LogP contribution in [0.1, 0.15) is 113 Å². The average molecular weight is 581 g/mol. The number of methoxy groups -OCH3 is 1. The predicted octanol–water partition coefficient (Wildman–Crippen LogP) is 9.18. The van der Waals surface area contributed by atoms with Crippen LogP contribution >= 0.6 is 0 Å². The number of hydrogen-bond acceptors (Lipinski definition) is 3. The maximum Gasteiger partial charge on any atom is 0.305 e. The summed E-state index contributed by atoms with van der Waals surface area (Å²) >= 11 is 0. The number of ether oxygens (including phenoxy) is 1. The first kappa shape index (κ1) is 35.3. The topological polar surface area (TPSA) is 35.5 Å². The van der Waals surface area contributed by atoms with Crippen LogP contribution in [0.2, 0.25) is 5.04 Å². The minimum Gasteiger partial charge on any atom is -0.469 e. The third kappa shape index (κ3) is 11.7. The number of carbonyl (C=O) groups excluding carboxylic acids is 1. The quantitative estimate of drug-likeness (QED) is 0.123. The molecule has 2 rings (SSSR count). The summed E-state index contributed by atoms with van der Waals surface area (Å²) in [7, 11) is -0.971. The van der Waals surface area contributed by atoms with Gasteiger partial charge in [0, 0.05) is 13.0 Å². The van der Waals surface area contributed by atoms with Crippen molar-refractivity contribution < 1.29 is 14.0 Å². The lowest BCUT2D eigenvalue weighted by atomic mass is 9.90. The number of esters is 1. The van der Waals surface area contributed by atoms with Gasteiger partial charge < -0.3 is 9.16 Å². The highest BCUT2D eigenvalue weighted by atomic mass is 28.4. The van der Waals surface area contributed by atoms with Crippen molar-refractivity contribution in [3.63, 3.8) is 0 Å². The maximum absolute atomic E-state index is 11.4. The lowest BCUT2D eigenvalue weighted by molar-refractivity contribution is -0.141. The van der Waals surface area contributed by atoms with Gasteiger partial charge in [0.2, 0.25) is 0 Å². The monoisotopic (exact) mass is 580 g/mol. The molecule has 0 aliphatic carbocycles. The first-order chi connectivity index (χ1) is 19.5. The molecule has 2 aromatic rings. The van der Waals surface area contributed by atoms with Crippen molar-refractivity contribution in [2.24, 2.45) is 23.7 Å². The summed E-state index contributed by atoms with van der Waals surface area (Å²) in [5.41, 5.74) is 0. The molecular formula is C37H60O3Si. The molecule has 0 spiro atoms. The molecule has 0 aliphatic heterocycles. The molecule has 0 bridgehead atoms. The van der Waals surface area contributed by atoms with Crippen molar-refractivity contribution in [1.82, 2.24) is 0 Å². The molecule has 230 valence electrons. The standard InChI is InChI=1S/C37H60O3Si/c1-30(20-16-22-32(3)28-36(38)39-8)18-15-19-31(2)21-17-23-33(4)29-40-41(37(5,6)7,34-24-11-9-12-25-34)35-26-13-10-14-27-35/h9-14,24-27,30-33H,15-23,28-29H2,1-8H3/t30-,31+,32-,33+/m1/s1. The Bertz CT molecular complexity index is 929. The van der Waals surface area contributed by atoms with E-state index < -0.39 is 8.32 Å². The van der Waals surface area contributed by atoms with E-state index in [1.54, 1.807) is 0 Å². The van der Waals surface area contributed by atoms with Crippen molar-refractivity contribution in [2.45, 2.75) is 118 Å². The van der Waals surface area contributed by atoms with E-state index in [9.17, 15) is 4.79 Å². The third-order valence-corrected chi connectivity index (χ3v) is 13.9. The summed E-state index contributed by atoms with van der Waals surface area (Å²) in [6.07, 6.45) is 11.9. The number of benzene rings is 2. The fraction of sp³-hybridized carbons (Fsp3) is 0.649. The summed E-state index contributed by atoms with van der Waals surface area (Å²) < 4.78 is 12.0. The lowest BCUT2D eigenvalue weighted by Crippen LogP contribution is -2.66. The van der Waals surface area contributed by atoms with E-state index in [0.29, 0.717) is 18.3 Å². The van der Waals surface area contributed by atoms with Crippen LogP contribution in [0.3, 0.4) is 0 Å². The smallest absolute Gasteiger partial charge is 0.305 e. The van der Waals surface area contributed by atoms with Crippen LogP contribution in [0.4, 0.5) is 0 Å². The Morgan fingerprint density at radius 1 is 0.659 bits per heavy atom. The van der Waals surface area contributed by atoms with Crippen molar-refractivity contribution >= 4 is 24.7 Å². The molecule has 0 aliphatic rings. The van der Waals surface area contributed by atoms with Crippen molar-refractivity contribution in [3.8, 4) is 0 Å². The van der Waals surface area contributed by atoms with Crippen LogP contribution in [-0.2, 0) is 14.0 Å². The van der Waals surface area contributed by atoms with Gasteiger partial charge in [-0.3, -0.25) is 4.79 Å². The Balaban J connectivity index is 1.77. The zero-order valence-corrected chi connectivity index (χ0v) is 28.6. The minimum atomic E-state index is -2.45. The highest BCUT2D eigenvalue weighted by Gasteiger charge is 2.50. The minimum absolute atomic E-state index is 0.0301. The highest BCUT2D eigenvalue weighted by Crippen LogP contribution is 2.37. The van der Waals surface area contributed by atoms with Gasteiger partial charge in [-0.25, -0.2) is 0 Å². The Morgan fingerprint density at radius 3 is 1.44 bits per heavy atom. The Labute approximate surface area is 254 Å². The van der Waals surface area contributed by atoms with Crippen LogP contribution in [0.5, 0.6) is 0 Å². The molecule has 3 nitrogen and oxygen atoms in total. The van der Waals surface area contributed by atoms with Gasteiger partial charge in [0.1, 0.15) is 0 Å². The first-order valence-corrected chi connectivity index (χ1v) is 18.2. The van der Waals surface area contributed by atoms with E-state index in [1.807, 2.05) is 0 Å². The molecule has 4 heteroatoms. The number of hydrogen-bond donors (Lipinski definition) is 0. The van der Waals surface area contributed by atoms with Gasteiger partial charge in [-0.1, -0.05) is 160 Å². The largest absolute Gasteiger partial charge is 0.469 e. The van der Waals surface area contributed by atoms with E-state index in [1.165, 1.54) is 68.8 Å². The molecule has 0 N–H and O–H groups in total. The fourth-order valence-corrected chi connectivity index (χ4v) is 11.0. The summed E-state index contributed by atoms with van der Waals surface area (Å²) in [6.45, 7) is 17.2. The molecule has 0 radical (unpaired) electrons. The first-order valence-electron chi connectivity index (χ1n) is 16.3. The van der Waals surface area contributed by atoms with Crippen LogP contribution < -0.4 is 10.4 Å². The molecule has 0 unspecified atom stereocenters. The summed E-state index contributed by atoms with van der Waals surface area (Å²) in [6, 6.07) is 22.0. The van der Waals surface area contributed by atoms with Crippen LogP contribution in [-0.4, -0.2) is 28.0 Å². The Hall–Kier alpha value is -1.91. The molecule has 0 amide bonds. The molecule has 0 heterocycles. The molecule has 0 aromatic heterocycles. The van der Waals surface area contributed by atoms with Crippen molar-refractivity contribution in [2.75, 3.05) is 13.7 Å². The average Bonchev–Trinajstić information content (AvgIpc) is 2.93. The van der Waals surface area contributed by atoms with E-state index in [2.05, 4.69) is 109 Å². The second-order valence-corrected chi connectivity index (χ2v) is 18.3. The van der Waals surface area contributed by atoms with Crippen LogP contribution in [0.25, 0.3) is 0 Å². The second kappa shape index (κ2) is 17.9. The number of carbonyl (C=O) groups is 1. The third-order valence-electron chi connectivity index (χ3n) is 8.93. The van der Waals surface area contributed by atoms with Crippen molar-refractivity contribution in [3.05, 3.63) is 60.7 Å². The van der Waals surface area contributed by atoms with Gasteiger partial charge in [0.25, 0.3) is 8.32 Å². The molecule has 0 saturated carbocycles. The Morgan fingerprint density at radius 2 is 1.05 bits per heavy atom. The zero-order valence-electron chi connectivity index (χ0n) is 27.6. The van der Waals surface area contributed by atoms with Gasteiger partial charge in [-0.2, -0.15) is 0 Å². The number of rotatable bonds is 19. The summed E-state index contributed by atoms with van der Waals surface area (Å²) in [5, 5.41) is 2.76. The SMILES string of the molecule is COC(=O)C[C@H](C)CCC[C@H](C)CCC[C@H](C)CCC[C@H](C)CO[Si](c1ccccc1)(c1ccccc1)C(C)(C)C. The highest BCUT2D eigenvalue weighted by molar-refractivity contribution is 6.99. The fourth-order valence-electron chi connectivity index (χ4n) is 6.32. The van der Waals surface area contributed by atoms with E-state index in [4.69, 9.17) is 9.16 Å². The van der Waals surface area contributed by atoms with Gasteiger partial charge in [-0.15, -0.1) is 0 Å². The van der Waals surface area contributed by atoms with Crippen molar-refractivity contribution in [1.29, 1.82) is 0 Å². The second-order valence-electron chi connectivity index (χ2n) is 14.0. The molecule has 4 atom stereocenters. The van der Waals surface area contributed by atoms with E-state index in [-0.39, 0.29) is 11.0 Å². The van der Waals surface area contributed by atoms with Gasteiger partial charge in [0.15, 0.2) is 0 Å². The molecule has 41 heavy (non-hydrogen) atoms. The molecule has 0 saturated heterocycles. The normalized spacial score (nSPS) is 15.2. The predicted molar refractivity (Wildman–Crippen MR) is 178 cm³/mol. The van der Waals surface area contributed by atoms with Crippen LogP contribution in [0.15, 0.2) is 60.7 Å². The molecular weight excluding hydrogens is 520 g/mol. The van der Waals surface area contributed by atoms with Gasteiger partial charge >= 0.3 is 5.97 Å². The zero-order chi connectivity index (χ0) is 30.3. The maximum atomic E-state index is 11.4. The van der Waals surface area contributed by atoms with E-state index >= 15 is 0 Å². The van der Waals surface area contributed by atoms with Gasteiger partial charge in [0.05, 0.1) is 7.11 Å². The van der Waals surface area contributed by atoms with Crippen LogP contribution in [0, 0.1) is 23.7 Å². The van der Waals surface area contributed by atoms with Gasteiger partial charge in [-0.05, 0) is 45.5 Å². The molecule has 0 fully saturated rings. The summed E-state index contributed by atoms with van der Waals surface area (Å²) in [5.74, 6) is 2.44. The lowest BCUT2D eigenvalue weighted by Gasteiger charge is -2.43. The molecule has 2 aromatic carbocycles.